The third kappa shape index (κ3) is 5.14. The molecule has 0 radical (unpaired) electrons. The highest BCUT2D eigenvalue weighted by Crippen LogP contribution is 2.13. The molecule has 0 aliphatic heterocycles. The molecule has 0 aliphatic carbocycles. The first-order valence-corrected chi connectivity index (χ1v) is 6.61. The van der Waals surface area contributed by atoms with Gasteiger partial charge in [0.05, 0.1) is 25.4 Å². The van der Waals surface area contributed by atoms with Crippen LogP contribution in [0.25, 0.3) is 0 Å². The molecule has 112 valence electrons. The SMILES string of the molecule is CCCCOCCOCc1cccc(/C(N)=N/O)c1F. The number of oxime groups is 1. The number of hydrogen-bond acceptors (Lipinski definition) is 4. The fraction of sp³-hybridized carbons (Fsp3) is 0.500. The molecular weight excluding hydrogens is 263 g/mol. The molecule has 1 aromatic rings. The number of hydrogen-bond donors (Lipinski definition) is 2. The molecule has 0 saturated carbocycles. The van der Waals surface area contributed by atoms with E-state index >= 15 is 0 Å². The Bertz CT molecular complexity index is 438. The fourth-order valence-electron chi connectivity index (χ4n) is 1.59. The number of ether oxygens (including phenoxy) is 2. The topological polar surface area (TPSA) is 77.1 Å². The Labute approximate surface area is 118 Å². The van der Waals surface area contributed by atoms with Gasteiger partial charge >= 0.3 is 0 Å². The number of nitrogens with two attached hydrogens (primary N) is 1. The molecule has 3 N–H and O–H groups in total. The molecule has 1 aromatic carbocycles. The second kappa shape index (κ2) is 9.28. The van der Waals surface area contributed by atoms with Crippen LogP contribution in [0.15, 0.2) is 23.4 Å². The third-order valence-corrected chi connectivity index (χ3v) is 2.73. The minimum absolute atomic E-state index is 0.0628. The zero-order chi connectivity index (χ0) is 14.8. The van der Waals surface area contributed by atoms with Crippen molar-refractivity contribution >= 4 is 5.84 Å². The van der Waals surface area contributed by atoms with E-state index in [1.807, 2.05) is 0 Å². The number of unbranched alkanes of at least 4 members (excludes halogenated alkanes) is 1. The Kier molecular flexibility index (Phi) is 7.60. The highest BCUT2D eigenvalue weighted by atomic mass is 19.1. The predicted molar refractivity (Wildman–Crippen MR) is 74.3 cm³/mol. The van der Waals surface area contributed by atoms with Crippen molar-refractivity contribution in [3.05, 3.63) is 35.1 Å². The lowest BCUT2D eigenvalue weighted by molar-refractivity contribution is 0.0388. The Hall–Kier alpha value is -1.66. The second-order valence-electron chi connectivity index (χ2n) is 4.28. The molecule has 0 unspecified atom stereocenters. The zero-order valence-electron chi connectivity index (χ0n) is 11.6. The van der Waals surface area contributed by atoms with Crippen LogP contribution in [0.1, 0.15) is 30.9 Å². The number of benzene rings is 1. The zero-order valence-corrected chi connectivity index (χ0v) is 11.6. The van der Waals surface area contributed by atoms with Gasteiger partial charge in [-0.15, -0.1) is 0 Å². The van der Waals surface area contributed by atoms with Crippen molar-refractivity contribution in [3.8, 4) is 0 Å². The summed E-state index contributed by atoms with van der Waals surface area (Å²) < 4.78 is 24.7. The molecule has 0 fully saturated rings. The van der Waals surface area contributed by atoms with Crippen LogP contribution in [-0.2, 0) is 16.1 Å². The molecule has 0 aromatic heterocycles. The van der Waals surface area contributed by atoms with Crippen molar-refractivity contribution < 1.29 is 19.1 Å². The van der Waals surface area contributed by atoms with Crippen LogP contribution >= 0.6 is 0 Å². The van der Waals surface area contributed by atoms with Gasteiger partial charge in [0.1, 0.15) is 5.82 Å². The number of rotatable bonds is 9. The van der Waals surface area contributed by atoms with E-state index in [1.54, 1.807) is 12.1 Å². The standard InChI is InChI=1S/C14H21FN2O3/c1-2-3-7-19-8-9-20-10-11-5-4-6-12(13(11)15)14(16)17-18/h4-6,18H,2-3,7-10H2,1H3,(H2,16,17). The first kappa shape index (κ1) is 16.4. The molecule has 0 bridgehead atoms. The molecule has 0 amide bonds. The summed E-state index contributed by atoms with van der Waals surface area (Å²) in [5.41, 5.74) is 5.81. The molecule has 0 aliphatic rings. The highest BCUT2D eigenvalue weighted by molar-refractivity contribution is 5.97. The lowest BCUT2D eigenvalue weighted by atomic mass is 10.1. The largest absolute Gasteiger partial charge is 0.409 e. The molecule has 1 rings (SSSR count). The molecule has 0 heterocycles. The first-order chi connectivity index (χ1) is 9.70. The van der Waals surface area contributed by atoms with Gasteiger partial charge in [-0.1, -0.05) is 30.6 Å². The van der Waals surface area contributed by atoms with Gasteiger partial charge in [0.25, 0.3) is 0 Å². The summed E-state index contributed by atoms with van der Waals surface area (Å²) in [7, 11) is 0. The van der Waals surface area contributed by atoms with Crippen LogP contribution in [0.4, 0.5) is 4.39 Å². The Morgan fingerprint density at radius 2 is 2.05 bits per heavy atom. The first-order valence-electron chi connectivity index (χ1n) is 6.61. The van der Waals surface area contributed by atoms with Gasteiger partial charge in [-0.3, -0.25) is 0 Å². The van der Waals surface area contributed by atoms with Gasteiger partial charge in [-0.2, -0.15) is 0 Å². The van der Waals surface area contributed by atoms with E-state index in [4.69, 9.17) is 20.4 Å². The van der Waals surface area contributed by atoms with E-state index in [9.17, 15) is 4.39 Å². The third-order valence-electron chi connectivity index (χ3n) is 2.73. The molecule has 0 spiro atoms. The summed E-state index contributed by atoms with van der Waals surface area (Å²) in [5.74, 6) is -0.790. The predicted octanol–water partition coefficient (Wildman–Crippen LogP) is 2.25. The summed E-state index contributed by atoms with van der Waals surface area (Å²) >= 11 is 0. The number of nitrogens with zero attached hydrogens (tertiary/aromatic N) is 1. The minimum Gasteiger partial charge on any atom is -0.409 e. The van der Waals surface area contributed by atoms with E-state index in [0.717, 1.165) is 12.8 Å². The van der Waals surface area contributed by atoms with Gasteiger partial charge in [-0.05, 0) is 12.5 Å². The summed E-state index contributed by atoms with van der Waals surface area (Å²) in [4.78, 5) is 0. The maximum atomic E-state index is 14.0. The van der Waals surface area contributed by atoms with Crippen LogP contribution in [0.3, 0.4) is 0 Å². The van der Waals surface area contributed by atoms with E-state index in [1.165, 1.54) is 6.07 Å². The summed E-state index contributed by atoms with van der Waals surface area (Å²) in [6.07, 6.45) is 2.11. The van der Waals surface area contributed by atoms with E-state index in [0.29, 0.717) is 25.4 Å². The molecule has 20 heavy (non-hydrogen) atoms. The van der Waals surface area contributed by atoms with E-state index in [2.05, 4.69) is 12.1 Å². The van der Waals surface area contributed by atoms with Crippen LogP contribution in [-0.4, -0.2) is 30.9 Å². The maximum Gasteiger partial charge on any atom is 0.173 e. The normalized spacial score (nSPS) is 11.8. The van der Waals surface area contributed by atoms with Gasteiger partial charge < -0.3 is 20.4 Å². The Balaban J connectivity index is 2.41. The van der Waals surface area contributed by atoms with Gasteiger partial charge in [0, 0.05) is 12.2 Å². The van der Waals surface area contributed by atoms with Crippen LogP contribution < -0.4 is 5.73 Å². The van der Waals surface area contributed by atoms with Gasteiger partial charge in [0.2, 0.25) is 0 Å². The maximum absolute atomic E-state index is 14.0. The van der Waals surface area contributed by atoms with Gasteiger partial charge in [-0.25, -0.2) is 4.39 Å². The summed E-state index contributed by atoms with van der Waals surface area (Å²) in [6.45, 7) is 3.82. The average Bonchev–Trinajstić information content (AvgIpc) is 2.47. The molecule has 0 saturated heterocycles. The monoisotopic (exact) mass is 284 g/mol. The quantitative estimate of drug-likeness (QED) is 0.240. The fourth-order valence-corrected chi connectivity index (χ4v) is 1.59. The van der Waals surface area contributed by atoms with Crippen molar-refractivity contribution in [2.45, 2.75) is 26.4 Å². The minimum atomic E-state index is -0.533. The average molecular weight is 284 g/mol. The summed E-state index contributed by atoms with van der Waals surface area (Å²) in [5, 5.41) is 11.4. The Morgan fingerprint density at radius 3 is 2.75 bits per heavy atom. The molecule has 6 heteroatoms. The van der Waals surface area contributed by atoms with Crippen LogP contribution in [0.5, 0.6) is 0 Å². The highest BCUT2D eigenvalue weighted by Gasteiger charge is 2.11. The molecule has 0 atom stereocenters. The second-order valence-corrected chi connectivity index (χ2v) is 4.28. The Morgan fingerprint density at radius 1 is 1.30 bits per heavy atom. The van der Waals surface area contributed by atoms with Crippen molar-refractivity contribution in [1.29, 1.82) is 0 Å². The molecule has 5 nitrogen and oxygen atoms in total. The van der Waals surface area contributed by atoms with Crippen molar-refractivity contribution in [2.24, 2.45) is 10.9 Å². The smallest absolute Gasteiger partial charge is 0.173 e. The van der Waals surface area contributed by atoms with E-state index < -0.39 is 5.82 Å². The van der Waals surface area contributed by atoms with Crippen molar-refractivity contribution in [1.82, 2.24) is 0 Å². The van der Waals surface area contributed by atoms with Crippen LogP contribution in [0.2, 0.25) is 0 Å². The van der Waals surface area contributed by atoms with Crippen molar-refractivity contribution in [2.75, 3.05) is 19.8 Å². The number of amidine groups is 1. The number of halogens is 1. The van der Waals surface area contributed by atoms with Crippen molar-refractivity contribution in [3.63, 3.8) is 0 Å². The lowest BCUT2D eigenvalue weighted by Crippen LogP contribution is -2.16. The lowest BCUT2D eigenvalue weighted by Gasteiger charge is -2.08. The summed E-state index contributed by atoms with van der Waals surface area (Å²) in [6, 6.07) is 4.68. The van der Waals surface area contributed by atoms with Crippen LogP contribution in [0, 0.1) is 5.82 Å². The molecular formula is C14H21FN2O3. The van der Waals surface area contributed by atoms with E-state index in [-0.39, 0.29) is 18.0 Å². The van der Waals surface area contributed by atoms with Gasteiger partial charge in [0.15, 0.2) is 5.84 Å².